The highest BCUT2D eigenvalue weighted by Gasteiger charge is 2.19. The number of hydrogen-bond acceptors (Lipinski definition) is 5. The van der Waals surface area contributed by atoms with E-state index in [4.69, 9.17) is 4.98 Å². The van der Waals surface area contributed by atoms with Gasteiger partial charge in [0.2, 0.25) is 0 Å². The molecule has 1 aliphatic rings. The van der Waals surface area contributed by atoms with Crippen molar-refractivity contribution in [2.24, 2.45) is 7.05 Å². The summed E-state index contributed by atoms with van der Waals surface area (Å²) in [6.45, 7) is 2.19. The maximum absolute atomic E-state index is 12.9. The number of anilines is 1. The first-order valence-electron chi connectivity index (χ1n) is 10.9. The van der Waals surface area contributed by atoms with Gasteiger partial charge >= 0.3 is 0 Å². The Morgan fingerprint density at radius 1 is 1.06 bits per heavy atom. The van der Waals surface area contributed by atoms with Gasteiger partial charge in [0, 0.05) is 42.0 Å². The van der Waals surface area contributed by atoms with Crippen molar-refractivity contribution < 1.29 is 4.79 Å². The summed E-state index contributed by atoms with van der Waals surface area (Å²) in [4.78, 5) is 24.4. The third-order valence-corrected chi connectivity index (χ3v) is 6.15. The van der Waals surface area contributed by atoms with E-state index in [1.54, 1.807) is 17.1 Å². The average Bonchev–Trinajstić information content (AvgIpc) is 3.25. The van der Waals surface area contributed by atoms with Crippen LogP contribution in [0.4, 0.5) is 5.82 Å². The SMILES string of the molecule is CN1CCC(c2cccc(C(=O)Nc3cc4nc(-c5cnn(C)c5)ccc4cn3)c2)CC1. The second-order valence-electron chi connectivity index (χ2n) is 8.52. The average molecular weight is 427 g/mol. The Kier molecular flexibility index (Phi) is 5.41. The van der Waals surface area contributed by atoms with Gasteiger partial charge in [-0.15, -0.1) is 0 Å². The zero-order valence-electron chi connectivity index (χ0n) is 18.3. The molecule has 1 aromatic carbocycles. The van der Waals surface area contributed by atoms with E-state index in [0.717, 1.165) is 48.1 Å². The van der Waals surface area contributed by atoms with Gasteiger partial charge in [-0.25, -0.2) is 9.97 Å². The quantitative estimate of drug-likeness (QED) is 0.532. The molecule has 3 aromatic heterocycles. The van der Waals surface area contributed by atoms with Gasteiger partial charge in [0.25, 0.3) is 5.91 Å². The Balaban J connectivity index is 1.36. The van der Waals surface area contributed by atoms with Gasteiger partial charge in [0.05, 0.1) is 17.4 Å². The molecular weight excluding hydrogens is 400 g/mol. The molecule has 0 radical (unpaired) electrons. The normalized spacial score (nSPS) is 15.2. The minimum atomic E-state index is -0.157. The third kappa shape index (κ3) is 4.24. The van der Waals surface area contributed by atoms with Crippen LogP contribution in [0.25, 0.3) is 22.2 Å². The molecular formula is C25H26N6O. The number of piperidine rings is 1. The number of likely N-dealkylation sites (tertiary alicyclic amines) is 1. The number of hydrogen-bond donors (Lipinski definition) is 1. The van der Waals surface area contributed by atoms with Crippen molar-refractivity contribution >= 4 is 22.6 Å². The number of amides is 1. The summed E-state index contributed by atoms with van der Waals surface area (Å²) in [7, 11) is 4.04. The number of carbonyl (C=O) groups excluding carboxylic acids is 1. The lowest BCUT2D eigenvalue weighted by molar-refractivity contribution is 0.102. The van der Waals surface area contributed by atoms with Crippen LogP contribution in [-0.4, -0.2) is 50.7 Å². The van der Waals surface area contributed by atoms with Crippen LogP contribution in [-0.2, 0) is 7.05 Å². The summed E-state index contributed by atoms with van der Waals surface area (Å²) >= 11 is 0. The molecule has 0 aliphatic carbocycles. The van der Waals surface area contributed by atoms with Crippen LogP contribution in [0.2, 0.25) is 0 Å². The molecule has 1 saturated heterocycles. The number of aromatic nitrogens is 4. The molecule has 4 aromatic rings. The molecule has 0 atom stereocenters. The van der Waals surface area contributed by atoms with Gasteiger partial charge in [-0.1, -0.05) is 12.1 Å². The van der Waals surface area contributed by atoms with Crippen molar-refractivity contribution in [1.82, 2.24) is 24.6 Å². The summed E-state index contributed by atoms with van der Waals surface area (Å²) in [6.07, 6.45) is 7.70. The van der Waals surface area contributed by atoms with E-state index in [9.17, 15) is 4.79 Å². The maximum atomic E-state index is 12.9. The van der Waals surface area contributed by atoms with Gasteiger partial charge in [-0.3, -0.25) is 9.48 Å². The van der Waals surface area contributed by atoms with Crippen LogP contribution in [0.3, 0.4) is 0 Å². The Labute approximate surface area is 187 Å². The van der Waals surface area contributed by atoms with Crippen molar-refractivity contribution in [2.45, 2.75) is 18.8 Å². The molecule has 1 fully saturated rings. The summed E-state index contributed by atoms with van der Waals surface area (Å²) < 4.78 is 1.75. The minimum Gasteiger partial charge on any atom is -0.307 e. The summed E-state index contributed by atoms with van der Waals surface area (Å²) in [5.41, 5.74) is 4.44. The standard InChI is InChI=1S/C25H26N6O/c1-30-10-8-17(9-11-30)18-4-3-5-19(12-18)25(32)29-24-13-23-20(14-26-24)6-7-22(28-23)21-15-27-31(2)16-21/h3-7,12-17H,8-11H2,1-2H3,(H,26,29,32). The Morgan fingerprint density at radius 2 is 1.91 bits per heavy atom. The van der Waals surface area contributed by atoms with E-state index in [1.807, 2.05) is 49.6 Å². The van der Waals surface area contributed by atoms with Crippen molar-refractivity contribution in [3.63, 3.8) is 0 Å². The smallest absolute Gasteiger partial charge is 0.256 e. The predicted octanol–water partition coefficient (Wildman–Crippen LogP) is 4.09. The topological polar surface area (TPSA) is 75.9 Å². The first-order valence-corrected chi connectivity index (χ1v) is 10.9. The Morgan fingerprint density at radius 3 is 2.69 bits per heavy atom. The van der Waals surface area contributed by atoms with E-state index in [0.29, 0.717) is 17.3 Å². The molecule has 0 spiro atoms. The summed E-state index contributed by atoms with van der Waals surface area (Å²) in [5.74, 6) is 0.839. The molecule has 0 unspecified atom stereocenters. The van der Waals surface area contributed by atoms with Gasteiger partial charge in [-0.2, -0.15) is 5.10 Å². The van der Waals surface area contributed by atoms with Gasteiger partial charge in [-0.05, 0) is 68.7 Å². The maximum Gasteiger partial charge on any atom is 0.256 e. The van der Waals surface area contributed by atoms with Crippen LogP contribution in [0, 0.1) is 0 Å². The number of pyridine rings is 2. The van der Waals surface area contributed by atoms with Crippen LogP contribution in [0.1, 0.15) is 34.7 Å². The van der Waals surface area contributed by atoms with Gasteiger partial charge in [0.1, 0.15) is 5.82 Å². The predicted molar refractivity (Wildman–Crippen MR) is 126 cm³/mol. The molecule has 32 heavy (non-hydrogen) atoms. The van der Waals surface area contributed by atoms with E-state index in [2.05, 4.69) is 33.4 Å². The molecule has 0 bridgehead atoms. The first kappa shape index (κ1) is 20.3. The first-order chi connectivity index (χ1) is 15.5. The fourth-order valence-electron chi connectivity index (χ4n) is 4.26. The fourth-order valence-corrected chi connectivity index (χ4v) is 4.26. The van der Waals surface area contributed by atoms with E-state index in [1.165, 1.54) is 5.56 Å². The molecule has 162 valence electrons. The van der Waals surface area contributed by atoms with Crippen LogP contribution in [0.15, 0.2) is 61.1 Å². The lowest BCUT2D eigenvalue weighted by Crippen LogP contribution is -2.29. The highest BCUT2D eigenvalue weighted by molar-refractivity contribution is 6.04. The zero-order valence-corrected chi connectivity index (χ0v) is 18.3. The molecule has 7 heteroatoms. The van der Waals surface area contributed by atoms with E-state index < -0.39 is 0 Å². The van der Waals surface area contributed by atoms with Gasteiger partial charge in [0.15, 0.2) is 0 Å². The zero-order chi connectivity index (χ0) is 22.1. The highest BCUT2D eigenvalue weighted by atomic mass is 16.1. The van der Waals surface area contributed by atoms with Crippen molar-refractivity contribution in [1.29, 1.82) is 0 Å². The van der Waals surface area contributed by atoms with E-state index >= 15 is 0 Å². The van der Waals surface area contributed by atoms with Crippen molar-refractivity contribution in [3.05, 3.63) is 72.2 Å². The molecule has 7 nitrogen and oxygen atoms in total. The Hall–Kier alpha value is -3.58. The number of rotatable bonds is 4. The monoisotopic (exact) mass is 426 g/mol. The molecule has 1 N–H and O–H groups in total. The number of aryl methyl sites for hydroxylation is 1. The third-order valence-electron chi connectivity index (χ3n) is 6.15. The van der Waals surface area contributed by atoms with Crippen LogP contribution >= 0.6 is 0 Å². The number of carbonyl (C=O) groups is 1. The second-order valence-corrected chi connectivity index (χ2v) is 8.52. The van der Waals surface area contributed by atoms with Crippen LogP contribution < -0.4 is 5.32 Å². The fraction of sp³-hybridized carbons (Fsp3) is 0.280. The highest BCUT2D eigenvalue weighted by Crippen LogP contribution is 2.28. The molecule has 0 saturated carbocycles. The molecule has 1 aliphatic heterocycles. The lowest BCUT2D eigenvalue weighted by Gasteiger charge is -2.29. The summed E-state index contributed by atoms with van der Waals surface area (Å²) in [5, 5.41) is 8.07. The van der Waals surface area contributed by atoms with Gasteiger partial charge < -0.3 is 10.2 Å². The molecule has 1 amide bonds. The van der Waals surface area contributed by atoms with Crippen LogP contribution in [0.5, 0.6) is 0 Å². The van der Waals surface area contributed by atoms with Crippen molar-refractivity contribution in [3.8, 4) is 11.3 Å². The van der Waals surface area contributed by atoms with E-state index in [-0.39, 0.29) is 5.91 Å². The van der Waals surface area contributed by atoms with Crippen molar-refractivity contribution in [2.75, 3.05) is 25.5 Å². The lowest BCUT2D eigenvalue weighted by atomic mass is 9.89. The second kappa shape index (κ2) is 8.51. The number of fused-ring (bicyclic) bond motifs is 1. The minimum absolute atomic E-state index is 0.157. The molecule has 4 heterocycles. The largest absolute Gasteiger partial charge is 0.307 e. The Bertz CT molecular complexity index is 1270. The number of nitrogens with zero attached hydrogens (tertiary/aromatic N) is 5. The molecule has 5 rings (SSSR count). The summed E-state index contributed by atoms with van der Waals surface area (Å²) in [6, 6.07) is 13.7. The number of nitrogens with one attached hydrogen (secondary N) is 1. The number of benzene rings is 1.